The Morgan fingerprint density at radius 1 is 1.11 bits per heavy atom. The topological polar surface area (TPSA) is 95.5 Å². The van der Waals surface area contributed by atoms with E-state index in [1.54, 1.807) is 12.4 Å². The van der Waals surface area contributed by atoms with Gasteiger partial charge < -0.3 is 20.3 Å². The molecule has 1 aromatic carbocycles. The van der Waals surface area contributed by atoms with Crippen LogP contribution in [0.25, 0.3) is 22.3 Å². The van der Waals surface area contributed by atoms with Gasteiger partial charge in [-0.3, -0.25) is 14.7 Å². The number of fused-ring (bicyclic) bond motifs is 1. The van der Waals surface area contributed by atoms with Gasteiger partial charge in [0.15, 0.2) is 5.82 Å². The Hall–Kier alpha value is -3.14. The molecule has 0 bridgehead atoms. The molecule has 2 fully saturated rings. The van der Waals surface area contributed by atoms with E-state index < -0.39 is 0 Å². The second-order valence-electron chi connectivity index (χ2n) is 10.7. The molecule has 0 radical (unpaired) electrons. The molecule has 2 saturated heterocycles. The second-order valence-corrected chi connectivity index (χ2v) is 10.7. The van der Waals surface area contributed by atoms with Crippen molar-refractivity contribution >= 4 is 28.3 Å². The van der Waals surface area contributed by atoms with Gasteiger partial charge in [0.1, 0.15) is 11.3 Å². The third-order valence-electron chi connectivity index (χ3n) is 7.45. The van der Waals surface area contributed by atoms with Gasteiger partial charge in [0.05, 0.1) is 23.9 Å². The SMILES string of the molecule is CC(C)C(=O)C(C)CN1CCN(c2ccc(-c3cc4nccnc4c(NC[C@@H]4CNCCO4)n3)cc2)CC1. The van der Waals surface area contributed by atoms with Crippen LogP contribution in [-0.4, -0.2) is 90.7 Å². The van der Waals surface area contributed by atoms with E-state index >= 15 is 0 Å². The number of anilines is 2. The van der Waals surface area contributed by atoms with Crippen molar-refractivity contribution in [3.63, 3.8) is 0 Å². The Kier molecular flexibility index (Phi) is 8.46. The fourth-order valence-electron chi connectivity index (χ4n) is 5.28. The first-order valence-corrected chi connectivity index (χ1v) is 13.8. The molecule has 9 heteroatoms. The number of rotatable bonds is 9. The molecule has 0 amide bonds. The van der Waals surface area contributed by atoms with Crippen LogP contribution in [0.4, 0.5) is 11.5 Å². The zero-order valence-electron chi connectivity index (χ0n) is 22.7. The second kappa shape index (κ2) is 12.1. The normalized spacial score (nSPS) is 19.6. The van der Waals surface area contributed by atoms with Gasteiger partial charge in [0, 0.05) is 87.8 Å². The Balaban J connectivity index is 1.25. The average molecular weight is 518 g/mol. The van der Waals surface area contributed by atoms with Crippen LogP contribution in [0, 0.1) is 11.8 Å². The van der Waals surface area contributed by atoms with Crippen LogP contribution in [0.2, 0.25) is 0 Å². The third kappa shape index (κ3) is 6.28. The van der Waals surface area contributed by atoms with Gasteiger partial charge in [0.25, 0.3) is 0 Å². The number of nitrogens with one attached hydrogen (secondary N) is 2. The van der Waals surface area contributed by atoms with Gasteiger partial charge >= 0.3 is 0 Å². The lowest BCUT2D eigenvalue weighted by Crippen LogP contribution is -2.48. The maximum absolute atomic E-state index is 12.3. The van der Waals surface area contributed by atoms with Crippen LogP contribution in [0.5, 0.6) is 0 Å². The Bertz CT molecular complexity index is 1220. The summed E-state index contributed by atoms with van der Waals surface area (Å²) in [5, 5.41) is 6.81. The summed E-state index contributed by atoms with van der Waals surface area (Å²) in [6, 6.07) is 10.6. The van der Waals surface area contributed by atoms with Crippen LogP contribution in [-0.2, 0) is 9.53 Å². The summed E-state index contributed by atoms with van der Waals surface area (Å²) in [6.45, 7) is 13.8. The van der Waals surface area contributed by atoms with Crippen molar-refractivity contribution in [3.8, 4) is 11.3 Å². The molecule has 4 heterocycles. The average Bonchev–Trinajstić information content (AvgIpc) is 2.96. The number of carbonyl (C=O) groups is 1. The van der Waals surface area contributed by atoms with E-state index in [0.717, 1.165) is 80.5 Å². The maximum Gasteiger partial charge on any atom is 0.154 e. The van der Waals surface area contributed by atoms with Crippen molar-refractivity contribution < 1.29 is 9.53 Å². The third-order valence-corrected chi connectivity index (χ3v) is 7.45. The summed E-state index contributed by atoms with van der Waals surface area (Å²) in [7, 11) is 0. The summed E-state index contributed by atoms with van der Waals surface area (Å²) < 4.78 is 5.83. The van der Waals surface area contributed by atoms with Crippen molar-refractivity contribution in [2.24, 2.45) is 11.8 Å². The van der Waals surface area contributed by atoms with Crippen molar-refractivity contribution in [2.45, 2.75) is 26.9 Å². The van der Waals surface area contributed by atoms with E-state index in [9.17, 15) is 4.79 Å². The van der Waals surface area contributed by atoms with Crippen molar-refractivity contribution in [1.82, 2.24) is 25.2 Å². The Morgan fingerprint density at radius 2 is 1.87 bits per heavy atom. The fraction of sp³-hybridized carbons (Fsp3) is 0.517. The zero-order chi connectivity index (χ0) is 26.5. The van der Waals surface area contributed by atoms with Crippen LogP contribution < -0.4 is 15.5 Å². The molecule has 9 nitrogen and oxygen atoms in total. The first kappa shape index (κ1) is 26.5. The molecule has 202 valence electrons. The number of aromatic nitrogens is 3. The number of nitrogens with zero attached hydrogens (tertiary/aromatic N) is 5. The largest absolute Gasteiger partial charge is 0.374 e. The van der Waals surface area contributed by atoms with Crippen LogP contribution in [0.1, 0.15) is 20.8 Å². The van der Waals surface area contributed by atoms with Crippen molar-refractivity contribution in [2.75, 3.05) is 69.2 Å². The number of benzene rings is 1. The van der Waals surface area contributed by atoms with Crippen LogP contribution in [0.15, 0.2) is 42.7 Å². The number of ketones is 1. The summed E-state index contributed by atoms with van der Waals surface area (Å²) >= 11 is 0. The van der Waals surface area contributed by atoms with E-state index in [0.29, 0.717) is 12.3 Å². The fourth-order valence-corrected chi connectivity index (χ4v) is 5.28. The molecule has 5 rings (SSSR count). The number of piperazine rings is 1. The van der Waals surface area contributed by atoms with Gasteiger partial charge in [-0.25, -0.2) is 9.97 Å². The highest BCUT2D eigenvalue weighted by Crippen LogP contribution is 2.28. The van der Waals surface area contributed by atoms with Gasteiger partial charge in [-0.15, -0.1) is 0 Å². The molecule has 2 N–H and O–H groups in total. The maximum atomic E-state index is 12.3. The monoisotopic (exact) mass is 517 g/mol. The summed E-state index contributed by atoms with van der Waals surface area (Å²) in [5.74, 6) is 1.27. The molecular weight excluding hydrogens is 478 g/mol. The van der Waals surface area contributed by atoms with E-state index in [1.165, 1.54) is 5.69 Å². The lowest BCUT2D eigenvalue weighted by atomic mass is 9.96. The van der Waals surface area contributed by atoms with Crippen molar-refractivity contribution in [1.29, 1.82) is 0 Å². The highest BCUT2D eigenvalue weighted by Gasteiger charge is 2.23. The molecule has 2 atom stereocenters. The van der Waals surface area contributed by atoms with Crippen molar-refractivity contribution in [3.05, 3.63) is 42.7 Å². The first-order valence-electron chi connectivity index (χ1n) is 13.8. The standard InChI is InChI=1S/C29H39N7O2/c1-20(2)28(37)21(3)19-35-11-13-36(14-12-35)23-6-4-22(5-7-23)25-16-26-27(32-9-8-31-26)29(34-25)33-18-24-17-30-10-15-38-24/h4-9,16,20-21,24,30H,10-15,17-19H2,1-3H3,(H,33,34)/t21?,24-/m0/s1. The minimum atomic E-state index is 0.0891. The van der Waals surface area contributed by atoms with E-state index in [-0.39, 0.29) is 17.9 Å². The Morgan fingerprint density at radius 3 is 2.58 bits per heavy atom. The molecule has 3 aromatic rings. The zero-order valence-corrected chi connectivity index (χ0v) is 22.7. The molecule has 0 saturated carbocycles. The highest BCUT2D eigenvalue weighted by atomic mass is 16.5. The Labute approximate surface area is 225 Å². The van der Waals surface area contributed by atoms with Gasteiger partial charge in [-0.05, 0) is 18.2 Å². The van der Waals surface area contributed by atoms with E-state index in [1.807, 2.05) is 19.9 Å². The molecule has 38 heavy (non-hydrogen) atoms. The number of pyridine rings is 1. The van der Waals surface area contributed by atoms with E-state index in [4.69, 9.17) is 9.72 Å². The number of Topliss-reactive ketones (excluding diaryl/α,β-unsaturated/α-hetero) is 1. The number of hydrogen-bond acceptors (Lipinski definition) is 9. The quantitative estimate of drug-likeness (QED) is 0.444. The molecule has 2 aliphatic heterocycles. The lowest BCUT2D eigenvalue weighted by Gasteiger charge is -2.37. The lowest BCUT2D eigenvalue weighted by molar-refractivity contribution is -0.125. The molecule has 2 aromatic heterocycles. The highest BCUT2D eigenvalue weighted by molar-refractivity contribution is 5.88. The smallest absolute Gasteiger partial charge is 0.154 e. The predicted molar refractivity (Wildman–Crippen MR) is 152 cm³/mol. The molecular formula is C29H39N7O2. The number of carbonyl (C=O) groups excluding carboxylic acids is 1. The summed E-state index contributed by atoms with van der Waals surface area (Å²) in [4.78, 5) is 31.1. The summed E-state index contributed by atoms with van der Waals surface area (Å²) in [5.41, 5.74) is 4.69. The number of morpholine rings is 1. The van der Waals surface area contributed by atoms with Crippen LogP contribution >= 0.6 is 0 Å². The molecule has 0 spiro atoms. The predicted octanol–water partition coefficient (Wildman–Crippen LogP) is 3.08. The minimum Gasteiger partial charge on any atom is -0.374 e. The van der Waals surface area contributed by atoms with Gasteiger partial charge in [-0.1, -0.05) is 32.9 Å². The molecule has 1 unspecified atom stereocenters. The number of ether oxygens (including phenoxy) is 1. The van der Waals surface area contributed by atoms with Gasteiger partial charge in [-0.2, -0.15) is 0 Å². The van der Waals surface area contributed by atoms with E-state index in [2.05, 4.69) is 61.6 Å². The van der Waals surface area contributed by atoms with Crippen LogP contribution in [0.3, 0.4) is 0 Å². The first-order chi connectivity index (χ1) is 18.5. The summed E-state index contributed by atoms with van der Waals surface area (Å²) in [6.07, 6.45) is 3.51. The molecule has 2 aliphatic rings. The molecule has 0 aliphatic carbocycles. The number of hydrogen-bond donors (Lipinski definition) is 2. The minimum absolute atomic E-state index is 0.0891. The van der Waals surface area contributed by atoms with Gasteiger partial charge in [0.2, 0.25) is 0 Å².